The first kappa shape index (κ1) is 8.38. The fourth-order valence-electron chi connectivity index (χ4n) is 0.823. The van der Waals surface area contributed by atoms with Gasteiger partial charge in [0.2, 0.25) is 0 Å². The van der Waals surface area contributed by atoms with E-state index >= 15 is 0 Å². The molecule has 6 heteroatoms. The van der Waals surface area contributed by atoms with Crippen LogP contribution >= 0.6 is 0 Å². The zero-order valence-corrected chi connectivity index (χ0v) is 6.64. The van der Waals surface area contributed by atoms with Crippen molar-refractivity contribution in [2.75, 3.05) is 0 Å². The topological polar surface area (TPSA) is 83.0 Å². The van der Waals surface area contributed by atoms with Gasteiger partial charge in [0.15, 0.2) is 0 Å². The van der Waals surface area contributed by atoms with Crippen molar-refractivity contribution in [2.45, 2.75) is 13.8 Å². The summed E-state index contributed by atoms with van der Waals surface area (Å²) in [6, 6.07) is 0. The molecule has 0 saturated heterocycles. The van der Waals surface area contributed by atoms with Crippen molar-refractivity contribution in [3.05, 3.63) is 32.8 Å². The van der Waals surface area contributed by atoms with Gasteiger partial charge in [-0.05, 0) is 13.8 Å². The quantitative estimate of drug-likeness (QED) is 0.261. The van der Waals surface area contributed by atoms with Crippen LogP contribution in [0, 0.1) is 29.2 Å². The zero-order valence-electron chi connectivity index (χ0n) is 6.64. The average molecular weight is 169 g/mol. The van der Waals surface area contributed by atoms with Crippen LogP contribution in [-0.2, 0) is 0 Å². The fourth-order valence-corrected chi connectivity index (χ4v) is 0.823. The molecule has 0 atom stereocenters. The molecule has 0 bridgehead atoms. The van der Waals surface area contributed by atoms with Gasteiger partial charge in [-0.2, -0.15) is 0 Å². The molecule has 1 aromatic heterocycles. The normalized spacial score (nSPS) is 9.83. The SMILES string of the molecule is Cc1n[n+]([O-])cc([N+](=O)[O-])c1C. The van der Waals surface area contributed by atoms with E-state index in [-0.39, 0.29) is 10.5 Å². The van der Waals surface area contributed by atoms with Crippen LogP contribution in [0.2, 0.25) is 0 Å². The highest BCUT2D eigenvalue weighted by Crippen LogP contribution is 2.15. The number of nitro groups is 1. The fraction of sp³-hybridized carbons (Fsp3) is 0.333. The zero-order chi connectivity index (χ0) is 9.30. The lowest BCUT2D eigenvalue weighted by molar-refractivity contribution is -0.672. The van der Waals surface area contributed by atoms with E-state index in [1.807, 2.05) is 0 Å². The molecule has 0 amide bonds. The Morgan fingerprint density at radius 1 is 1.58 bits per heavy atom. The summed E-state index contributed by atoms with van der Waals surface area (Å²) in [5.41, 5.74) is 0.601. The number of aryl methyl sites for hydroxylation is 1. The summed E-state index contributed by atoms with van der Waals surface area (Å²) in [4.78, 5) is 9.95. The largest absolute Gasteiger partial charge is 0.594 e. The van der Waals surface area contributed by atoms with Gasteiger partial charge >= 0.3 is 5.69 Å². The maximum Gasteiger partial charge on any atom is 0.341 e. The van der Waals surface area contributed by atoms with E-state index < -0.39 is 4.92 Å². The van der Waals surface area contributed by atoms with Gasteiger partial charge in [-0.3, -0.25) is 10.1 Å². The van der Waals surface area contributed by atoms with Gasteiger partial charge in [-0.1, -0.05) is 4.85 Å². The second kappa shape index (κ2) is 2.72. The third-order valence-corrected chi connectivity index (χ3v) is 1.60. The number of hydrogen-bond donors (Lipinski definition) is 0. The number of nitrogens with zero attached hydrogens (tertiary/aromatic N) is 3. The summed E-state index contributed by atoms with van der Waals surface area (Å²) in [5.74, 6) is 0. The molecule has 12 heavy (non-hydrogen) atoms. The van der Waals surface area contributed by atoms with Gasteiger partial charge in [0.1, 0.15) is 5.69 Å². The van der Waals surface area contributed by atoms with Crippen LogP contribution < -0.4 is 4.85 Å². The van der Waals surface area contributed by atoms with Gasteiger partial charge in [0.25, 0.3) is 6.20 Å². The van der Waals surface area contributed by atoms with E-state index in [9.17, 15) is 15.3 Å². The van der Waals surface area contributed by atoms with Crippen molar-refractivity contribution in [3.8, 4) is 0 Å². The molecule has 1 aromatic rings. The van der Waals surface area contributed by atoms with Crippen molar-refractivity contribution in [1.82, 2.24) is 5.10 Å². The van der Waals surface area contributed by atoms with Crippen LogP contribution in [0.3, 0.4) is 0 Å². The van der Waals surface area contributed by atoms with Crippen molar-refractivity contribution in [3.63, 3.8) is 0 Å². The van der Waals surface area contributed by atoms with E-state index in [1.165, 1.54) is 0 Å². The Kier molecular flexibility index (Phi) is 1.90. The smallest absolute Gasteiger partial charge is 0.341 e. The van der Waals surface area contributed by atoms with Crippen molar-refractivity contribution in [1.29, 1.82) is 0 Å². The third-order valence-electron chi connectivity index (χ3n) is 1.60. The van der Waals surface area contributed by atoms with Crippen molar-refractivity contribution < 1.29 is 9.77 Å². The number of hydrogen-bond acceptors (Lipinski definition) is 4. The molecule has 0 spiro atoms. The summed E-state index contributed by atoms with van der Waals surface area (Å²) in [7, 11) is 0. The molecule has 0 unspecified atom stereocenters. The summed E-state index contributed by atoms with van der Waals surface area (Å²) < 4.78 is 0. The molecule has 1 rings (SSSR count). The van der Waals surface area contributed by atoms with Gasteiger partial charge in [0.05, 0.1) is 10.5 Å². The van der Waals surface area contributed by atoms with Crippen molar-refractivity contribution in [2.24, 2.45) is 0 Å². The minimum atomic E-state index is -0.599. The molecule has 0 radical (unpaired) electrons. The van der Waals surface area contributed by atoms with E-state index in [1.54, 1.807) is 13.8 Å². The molecular formula is C6H7N3O3. The molecule has 6 nitrogen and oxygen atoms in total. The number of aromatic nitrogens is 2. The minimum Gasteiger partial charge on any atom is -0.594 e. The van der Waals surface area contributed by atoms with Gasteiger partial charge < -0.3 is 5.21 Å². The molecule has 0 aliphatic carbocycles. The standard InChI is InChI=1S/C6H7N3O3/c1-4-5(2)7-8(10)3-6(4)9(11)12/h3H,1-2H3. The van der Waals surface area contributed by atoms with Gasteiger partial charge in [-0.15, -0.1) is 0 Å². The summed E-state index contributed by atoms with van der Waals surface area (Å²) in [6.45, 7) is 3.11. The predicted octanol–water partition coefficient (Wildman–Crippen LogP) is 0.240. The lowest BCUT2D eigenvalue weighted by Crippen LogP contribution is -2.32. The van der Waals surface area contributed by atoms with Crippen LogP contribution in [-0.4, -0.2) is 10.0 Å². The van der Waals surface area contributed by atoms with Gasteiger partial charge in [0, 0.05) is 5.10 Å². The molecule has 64 valence electrons. The molecule has 0 saturated carbocycles. The highest BCUT2D eigenvalue weighted by atomic mass is 16.6. The lowest BCUT2D eigenvalue weighted by atomic mass is 10.2. The molecule has 0 aliphatic heterocycles. The first-order chi connectivity index (χ1) is 5.52. The highest BCUT2D eigenvalue weighted by Gasteiger charge is 2.18. The van der Waals surface area contributed by atoms with Crippen LogP contribution in [0.4, 0.5) is 5.69 Å². The summed E-state index contributed by atoms with van der Waals surface area (Å²) in [5, 5.41) is 24.5. The molecule has 0 fully saturated rings. The minimum absolute atomic E-state index is 0.195. The monoisotopic (exact) mass is 169 g/mol. The Bertz CT molecular complexity index is 337. The van der Waals surface area contributed by atoms with E-state index in [2.05, 4.69) is 5.10 Å². The summed E-state index contributed by atoms with van der Waals surface area (Å²) >= 11 is 0. The Balaban J connectivity index is 3.37. The lowest BCUT2D eigenvalue weighted by Gasteiger charge is -1.98. The molecule has 1 heterocycles. The molecule has 0 aliphatic rings. The second-order valence-corrected chi connectivity index (χ2v) is 2.38. The first-order valence-electron chi connectivity index (χ1n) is 3.24. The average Bonchev–Trinajstić information content (AvgIpc) is 1.96. The maximum absolute atomic E-state index is 10.7. The van der Waals surface area contributed by atoms with Crippen LogP contribution in [0.1, 0.15) is 11.3 Å². The van der Waals surface area contributed by atoms with E-state index in [4.69, 9.17) is 0 Å². The Hall–Kier alpha value is -1.72. The number of rotatable bonds is 1. The predicted molar refractivity (Wildman–Crippen MR) is 39.3 cm³/mol. The molecular weight excluding hydrogens is 162 g/mol. The first-order valence-corrected chi connectivity index (χ1v) is 3.24. The maximum atomic E-state index is 10.7. The Morgan fingerprint density at radius 3 is 2.67 bits per heavy atom. The summed E-state index contributed by atoms with van der Waals surface area (Å²) in [6.07, 6.45) is 0.850. The van der Waals surface area contributed by atoms with Crippen molar-refractivity contribution >= 4 is 5.69 Å². The second-order valence-electron chi connectivity index (χ2n) is 2.38. The third kappa shape index (κ3) is 1.31. The van der Waals surface area contributed by atoms with Gasteiger partial charge in [-0.25, -0.2) is 0 Å². The molecule has 0 N–H and O–H groups in total. The van der Waals surface area contributed by atoms with Crippen LogP contribution in [0.15, 0.2) is 6.20 Å². The van der Waals surface area contributed by atoms with E-state index in [0.29, 0.717) is 11.3 Å². The Morgan fingerprint density at radius 2 is 2.17 bits per heavy atom. The van der Waals surface area contributed by atoms with Crippen LogP contribution in [0.25, 0.3) is 0 Å². The molecule has 0 aromatic carbocycles. The highest BCUT2D eigenvalue weighted by molar-refractivity contribution is 5.36. The van der Waals surface area contributed by atoms with E-state index in [0.717, 1.165) is 6.20 Å². The Labute approximate surface area is 68.2 Å². The van der Waals surface area contributed by atoms with Crippen LogP contribution in [0.5, 0.6) is 0 Å².